The number of nitrogens with one attached hydrogen (secondary N) is 2. The van der Waals surface area contributed by atoms with Gasteiger partial charge < -0.3 is 218 Å². The standard InChI is InChI=1S/C59H100N2O44/c1-13-26(70)33(77)39(83)54(90-13)101-46-24(60-15(3)68)51(96-21(10-66)44(46)99-56-41(85)35(79)28(72)17(6-62)92-56)104-49-37(81)30(74)19(8-64)94-58(49)89-12-23-32(76)48(43(87)53(88-5)98-23)103-59-50(38(82)31(75)20(9-65)95-59)105-52-25(61-16(4)69)47(102-55-40(84)34(78)27(71)14(2)91-55)45(22(11-67)97-52)100-57-42(86)36(80)29(73)18(7-63)93-57/h13-14,17-59,62-67,70-87H,6-12H2,1-5H3,(H,60,68)(H,61,69)/t13-,14-,17-,18-,19-,20-,21-,22-,23-,24-,25-,26+,27+,28+,29+,30-,31-,32-,33+,34+,35+,36+,37+,38+,39-,40-,41-,42-,43+,44-,45-,46-,47-,48+,49+,50+,51+,52+,53+,54-,55-,56+,57+,58+,59-/m1/s1. The lowest BCUT2D eigenvalue weighted by atomic mass is 9.93. The Kier molecular flexibility index (Phi) is 30.6. The second-order valence-electron chi connectivity index (χ2n) is 26.9. The van der Waals surface area contributed by atoms with Gasteiger partial charge in [-0.1, -0.05) is 0 Å². The van der Waals surface area contributed by atoms with E-state index in [1.54, 1.807) is 0 Å². The number of aliphatic hydroxyl groups is 24. The van der Waals surface area contributed by atoms with E-state index in [1.165, 1.54) is 13.8 Å². The molecule has 2 amide bonds. The van der Waals surface area contributed by atoms with Crippen LogP contribution in [0.1, 0.15) is 27.7 Å². The summed E-state index contributed by atoms with van der Waals surface area (Å²) in [7, 11) is 1.01. The van der Waals surface area contributed by atoms with Crippen molar-refractivity contribution in [1.82, 2.24) is 10.6 Å². The van der Waals surface area contributed by atoms with E-state index >= 15 is 0 Å². The van der Waals surface area contributed by atoms with E-state index in [2.05, 4.69) is 10.6 Å². The van der Waals surface area contributed by atoms with Crippen molar-refractivity contribution in [3.63, 3.8) is 0 Å². The van der Waals surface area contributed by atoms with Gasteiger partial charge in [0.05, 0.1) is 58.5 Å². The summed E-state index contributed by atoms with van der Waals surface area (Å²) in [5, 5.41) is 268. The summed E-state index contributed by atoms with van der Waals surface area (Å²) in [6.45, 7) is -2.87. The number of rotatable bonds is 26. The molecule has 105 heavy (non-hydrogen) atoms. The first-order valence-corrected chi connectivity index (χ1v) is 33.8. The van der Waals surface area contributed by atoms with E-state index in [0.29, 0.717) is 0 Å². The summed E-state index contributed by atoms with van der Waals surface area (Å²) >= 11 is 0. The smallest absolute Gasteiger partial charge is 0.217 e. The van der Waals surface area contributed by atoms with Crippen molar-refractivity contribution >= 4 is 11.8 Å². The van der Waals surface area contributed by atoms with Crippen LogP contribution >= 0.6 is 0 Å². The molecular formula is C59H100N2O44. The largest absolute Gasteiger partial charge is 0.394 e. The molecule has 9 aliphatic rings. The Labute approximate surface area is 595 Å². The minimum atomic E-state index is -2.31. The normalized spacial score (nSPS) is 51.5. The Hall–Kier alpha value is -2.74. The SMILES string of the molecule is CO[C@H]1O[C@H](CO[C@H]2O[C@H](CO)[C@@H](O)[C@H](O)[C@@H]2O[C@@H]2O[C@H](CO)[C@@H](O[C@@H]3O[C@H](CO)[C@H](O)[C@H](O)[C@H]3O)[C@H](O[C@H]3O[C@H](C)[C@H](O)[C@H](O)[C@H]3O)[C@H]2NC(C)=O)[C@@H](O)[C@H](O[C@H]2O[C@H](CO)[C@@H](O)[C@H](O)[C@@H]2O[C@@H]2O[C@H](CO)[C@@H](O[C@@H]3O[C@H](CO)[C@H](O)[C@H](O)[C@H]3O)[C@H](O[C@H]3O[C@H](C)[C@H](O)[C@H](O)[C@H]3O)[C@H]2NC(C)=O)[C@@H]1O. The van der Waals surface area contributed by atoms with E-state index in [1.807, 2.05) is 0 Å². The van der Waals surface area contributed by atoms with Crippen LogP contribution in [-0.2, 0) is 94.9 Å². The lowest BCUT2D eigenvalue weighted by Crippen LogP contribution is -2.71. The molecule has 0 aromatic heterocycles. The van der Waals surface area contributed by atoms with E-state index in [-0.39, 0.29) is 0 Å². The van der Waals surface area contributed by atoms with Gasteiger partial charge >= 0.3 is 0 Å². The van der Waals surface area contributed by atoms with Crippen LogP contribution in [0.4, 0.5) is 0 Å². The van der Waals surface area contributed by atoms with E-state index < -0.39 is 334 Å². The fraction of sp³-hybridized carbons (Fsp3) is 0.966. The molecule has 46 heteroatoms. The summed E-state index contributed by atoms with van der Waals surface area (Å²) in [5.41, 5.74) is 0. The highest BCUT2D eigenvalue weighted by Gasteiger charge is 2.61. The fourth-order valence-corrected chi connectivity index (χ4v) is 13.7. The fourth-order valence-electron chi connectivity index (χ4n) is 13.7. The Balaban J connectivity index is 1.00. The van der Waals surface area contributed by atoms with Crippen molar-refractivity contribution in [3.05, 3.63) is 0 Å². The molecule has 46 nitrogen and oxygen atoms in total. The van der Waals surface area contributed by atoms with Crippen LogP contribution in [0.15, 0.2) is 0 Å². The Bertz CT molecular complexity index is 2690. The van der Waals surface area contributed by atoms with Crippen molar-refractivity contribution in [3.8, 4) is 0 Å². The van der Waals surface area contributed by atoms with Crippen LogP contribution < -0.4 is 10.6 Å². The van der Waals surface area contributed by atoms with E-state index in [4.69, 9.17) is 85.3 Å². The number of hydrogen-bond acceptors (Lipinski definition) is 44. The molecule has 0 aromatic carbocycles. The molecule has 9 heterocycles. The van der Waals surface area contributed by atoms with Gasteiger partial charge in [0, 0.05) is 21.0 Å². The number of methoxy groups -OCH3 is 1. The van der Waals surface area contributed by atoms with Gasteiger partial charge in [-0.05, 0) is 13.8 Å². The molecule has 0 spiro atoms. The molecule has 26 N–H and O–H groups in total. The minimum Gasteiger partial charge on any atom is -0.394 e. The molecular weight excluding hydrogens is 1440 g/mol. The number of carbonyl (C=O) groups excluding carboxylic acids is 2. The Morgan fingerprint density at radius 3 is 0.924 bits per heavy atom. The second-order valence-corrected chi connectivity index (χ2v) is 26.9. The molecule has 0 unspecified atom stereocenters. The minimum absolute atomic E-state index is 0.931. The molecule has 9 aliphatic heterocycles. The molecule has 45 atom stereocenters. The predicted octanol–water partition coefficient (Wildman–Crippen LogP) is -17.6. The van der Waals surface area contributed by atoms with Crippen molar-refractivity contribution < 1.29 is 217 Å². The molecule has 9 saturated heterocycles. The third kappa shape index (κ3) is 18.5. The van der Waals surface area contributed by atoms with Crippen molar-refractivity contribution in [2.45, 2.75) is 304 Å². The van der Waals surface area contributed by atoms with Crippen LogP contribution in [0.3, 0.4) is 0 Å². The third-order valence-electron chi connectivity index (χ3n) is 19.7. The van der Waals surface area contributed by atoms with Gasteiger partial charge in [0.2, 0.25) is 11.8 Å². The van der Waals surface area contributed by atoms with Crippen LogP contribution in [0.5, 0.6) is 0 Å². The maximum Gasteiger partial charge on any atom is 0.217 e. The zero-order valence-electron chi connectivity index (χ0n) is 56.8. The molecule has 0 aromatic rings. The lowest BCUT2D eigenvalue weighted by Gasteiger charge is -2.52. The zero-order chi connectivity index (χ0) is 77.2. The van der Waals surface area contributed by atoms with Gasteiger partial charge in [-0.2, -0.15) is 0 Å². The highest BCUT2D eigenvalue weighted by atomic mass is 16.8. The van der Waals surface area contributed by atoms with E-state index in [9.17, 15) is 132 Å². The van der Waals surface area contributed by atoms with Crippen molar-refractivity contribution in [2.75, 3.05) is 53.4 Å². The van der Waals surface area contributed by atoms with Gasteiger partial charge in [0.15, 0.2) is 56.6 Å². The molecule has 9 rings (SSSR count). The molecule has 610 valence electrons. The quantitative estimate of drug-likeness (QED) is 0.0382. The maximum absolute atomic E-state index is 13.3. The van der Waals surface area contributed by atoms with Crippen LogP contribution in [0, 0.1) is 0 Å². The third-order valence-corrected chi connectivity index (χ3v) is 19.7. The van der Waals surface area contributed by atoms with Gasteiger partial charge in [0.1, 0.15) is 207 Å². The summed E-state index contributed by atoms with van der Waals surface area (Å²) in [5.74, 6) is -1.88. The Morgan fingerprint density at radius 1 is 0.276 bits per heavy atom. The zero-order valence-corrected chi connectivity index (χ0v) is 56.8. The predicted molar refractivity (Wildman–Crippen MR) is 322 cm³/mol. The van der Waals surface area contributed by atoms with Crippen LogP contribution in [-0.4, -0.2) is 464 Å². The van der Waals surface area contributed by atoms with Crippen molar-refractivity contribution in [1.29, 1.82) is 0 Å². The summed E-state index contributed by atoms with van der Waals surface area (Å²) in [6, 6.07) is -3.83. The number of aliphatic hydroxyl groups excluding tert-OH is 24. The molecule has 0 bridgehead atoms. The lowest BCUT2D eigenvalue weighted by molar-refractivity contribution is -0.399. The number of amides is 2. The van der Waals surface area contributed by atoms with Gasteiger partial charge in [0.25, 0.3) is 0 Å². The summed E-state index contributed by atoms with van der Waals surface area (Å²) < 4.78 is 107. The average molecular weight is 1540 g/mol. The Morgan fingerprint density at radius 2 is 0.562 bits per heavy atom. The molecule has 0 saturated carbocycles. The van der Waals surface area contributed by atoms with Gasteiger partial charge in [-0.3, -0.25) is 9.59 Å². The van der Waals surface area contributed by atoms with Crippen LogP contribution in [0.2, 0.25) is 0 Å². The first kappa shape index (κ1) is 86.2. The first-order chi connectivity index (χ1) is 49.7. The number of ether oxygens (including phenoxy) is 18. The molecule has 9 fully saturated rings. The average Bonchev–Trinajstić information content (AvgIpc) is 0.762. The van der Waals surface area contributed by atoms with Crippen LogP contribution in [0.25, 0.3) is 0 Å². The topological polar surface area (TPSA) is 710 Å². The first-order valence-electron chi connectivity index (χ1n) is 33.8. The molecule has 0 radical (unpaired) electrons. The highest BCUT2D eigenvalue weighted by Crippen LogP contribution is 2.41. The second kappa shape index (κ2) is 37.3. The van der Waals surface area contributed by atoms with Gasteiger partial charge in [-0.25, -0.2) is 0 Å². The van der Waals surface area contributed by atoms with Gasteiger partial charge in [-0.15, -0.1) is 0 Å². The highest BCUT2D eigenvalue weighted by molar-refractivity contribution is 5.73. The summed E-state index contributed by atoms with van der Waals surface area (Å²) in [4.78, 5) is 26.5. The number of hydrogen-bond donors (Lipinski definition) is 26. The monoisotopic (exact) mass is 1540 g/mol. The molecule has 0 aliphatic carbocycles. The maximum atomic E-state index is 13.3. The number of carbonyl (C=O) groups is 2. The van der Waals surface area contributed by atoms with E-state index in [0.717, 1.165) is 21.0 Å². The van der Waals surface area contributed by atoms with Crippen molar-refractivity contribution in [2.24, 2.45) is 0 Å². The summed E-state index contributed by atoms with van der Waals surface area (Å²) in [6.07, 6.45) is -84.9.